The van der Waals surface area contributed by atoms with Gasteiger partial charge in [-0.25, -0.2) is 0 Å². The Kier molecular flexibility index (Phi) is 4.87. The van der Waals surface area contributed by atoms with Gasteiger partial charge in [0, 0.05) is 11.3 Å². The van der Waals surface area contributed by atoms with E-state index in [2.05, 4.69) is 0 Å². The molecule has 0 aromatic carbocycles. The van der Waals surface area contributed by atoms with Crippen molar-refractivity contribution in [3.8, 4) is 0 Å². The van der Waals surface area contributed by atoms with Crippen molar-refractivity contribution in [2.75, 3.05) is 12.5 Å². The lowest BCUT2D eigenvalue weighted by molar-refractivity contribution is -0.135. The number of carbonyl (C=O) groups is 1. The number of Topliss-reactive ketones (excluding diaryl/α,β-unsaturated/α-hetero) is 1. The second kappa shape index (κ2) is 4.88. The Balaban J connectivity index is 4.69. The van der Waals surface area contributed by atoms with Gasteiger partial charge >= 0.3 is 0 Å². The summed E-state index contributed by atoms with van der Waals surface area (Å²) >= 11 is -0.101. The van der Waals surface area contributed by atoms with Crippen LogP contribution in [-0.4, -0.2) is 23.9 Å². The Morgan fingerprint density at radius 2 is 1.53 bits per heavy atom. The molecule has 1 atom stereocenters. The molecule has 2 nitrogen and oxygen atoms in total. The molecular weight excluding hydrogens is 208 g/mol. The van der Waals surface area contributed by atoms with Crippen LogP contribution < -0.4 is 0 Å². The normalized spacial score (nSPS) is 15.5. The average Bonchev–Trinajstić information content (AvgIpc) is 1.97. The lowest BCUT2D eigenvalue weighted by atomic mass is 9.77. The molecule has 0 N–H and O–H groups in total. The molecular formula is C12H25O2S+. The van der Waals surface area contributed by atoms with Crippen molar-refractivity contribution in [2.45, 2.75) is 47.1 Å². The first-order valence-corrected chi connectivity index (χ1v) is 7.26. The second-order valence-corrected chi connectivity index (χ2v) is 7.41. The van der Waals surface area contributed by atoms with E-state index >= 15 is 0 Å². The Morgan fingerprint density at radius 1 is 1.13 bits per heavy atom. The van der Waals surface area contributed by atoms with Crippen molar-refractivity contribution >= 4 is 17.0 Å². The highest BCUT2D eigenvalue weighted by Gasteiger charge is 2.41. The van der Waals surface area contributed by atoms with Crippen LogP contribution in [0, 0.1) is 11.3 Å². The summed E-state index contributed by atoms with van der Waals surface area (Å²) in [5, 5.41) is 0. The Morgan fingerprint density at radius 3 is 1.80 bits per heavy atom. The fourth-order valence-corrected chi connectivity index (χ4v) is 2.47. The molecule has 15 heavy (non-hydrogen) atoms. The molecule has 0 aliphatic heterocycles. The molecule has 0 radical (unpaired) electrons. The quantitative estimate of drug-likeness (QED) is 0.698. The van der Waals surface area contributed by atoms with E-state index < -0.39 is 0 Å². The minimum Gasteiger partial charge on any atom is -0.299 e. The van der Waals surface area contributed by atoms with Crippen molar-refractivity contribution in [2.24, 2.45) is 11.3 Å². The van der Waals surface area contributed by atoms with E-state index in [4.69, 9.17) is 4.18 Å². The third-order valence-electron chi connectivity index (χ3n) is 2.56. The Hall–Kier alpha value is -0.0200. The molecule has 0 spiro atoms. The van der Waals surface area contributed by atoms with Gasteiger partial charge in [-0.1, -0.05) is 27.7 Å². The molecule has 0 amide bonds. The summed E-state index contributed by atoms with van der Waals surface area (Å²) in [5.41, 5.74) is -0.670. The lowest BCUT2D eigenvalue weighted by Gasteiger charge is -2.31. The number of hydrogen-bond acceptors (Lipinski definition) is 2. The summed E-state index contributed by atoms with van der Waals surface area (Å²) in [6.07, 6.45) is 4.05. The van der Waals surface area contributed by atoms with Gasteiger partial charge in [0.1, 0.15) is 35.1 Å². The van der Waals surface area contributed by atoms with E-state index in [0.29, 0.717) is 0 Å². The maximum atomic E-state index is 12.1. The van der Waals surface area contributed by atoms with Gasteiger partial charge in [-0.2, -0.15) is 4.18 Å². The summed E-state index contributed by atoms with van der Waals surface area (Å²) in [6.45, 7) is 11.8. The first-order chi connectivity index (χ1) is 6.48. The van der Waals surface area contributed by atoms with Gasteiger partial charge in [-0.05, 0) is 13.8 Å². The van der Waals surface area contributed by atoms with Crippen LogP contribution in [0.4, 0.5) is 0 Å². The van der Waals surface area contributed by atoms with Crippen LogP contribution in [0.5, 0.6) is 0 Å². The predicted octanol–water partition coefficient (Wildman–Crippen LogP) is 2.83. The third-order valence-corrected chi connectivity index (χ3v) is 3.32. The van der Waals surface area contributed by atoms with Crippen molar-refractivity contribution in [1.29, 1.82) is 0 Å². The number of carbonyl (C=O) groups excluding carboxylic acids is 1. The second-order valence-electron chi connectivity index (χ2n) is 5.76. The van der Waals surface area contributed by atoms with Crippen LogP contribution in [0.15, 0.2) is 0 Å². The third kappa shape index (κ3) is 4.56. The highest BCUT2D eigenvalue weighted by Crippen LogP contribution is 2.30. The molecule has 0 bridgehead atoms. The monoisotopic (exact) mass is 233 g/mol. The fourth-order valence-electron chi connectivity index (χ4n) is 1.47. The van der Waals surface area contributed by atoms with E-state index in [-0.39, 0.29) is 33.9 Å². The zero-order chi connectivity index (χ0) is 12.4. The highest BCUT2D eigenvalue weighted by molar-refractivity contribution is 7.91. The number of hydrogen-bond donors (Lipinski definition) is 0. The molecule has 0 aromatic heterocycles. The molecule has 0 saturated heterocycles. The Bertz CT molecular complexity index is 226. The fraction of sp³-hybridized carbons (Fsp3) is 0.917. The molecule has 90 valence electrons. The van der Waals surface area contributed by atoms with Gasteiger partial charge in [0.15, 0.2) is 0 Å². The summed E-state index contributed by atoms with van der Waals surface area (Å²) in [5.74, 6) is 0.186. The van der Waals surface area contributed by atoms with E-state index in [9.17, 15) is 4.79 Å². The topological polar surface area (TPSA) is 26.3 Å². The van der Waals surface area contributed by atoms with Gasteiger partial charge in [0.25, 0.3) is 0 Å². The number of ketones is 1. The van der Waals surface area contributed by atoms with Crippen molar-refractivity contribution in [3.63, 3.8) is 0 Å². The van der Waals surface area contributed by atoms with Crippen LogP contribution in [0.3, 0.4) is 0 Å². The molecule has 0 saturated carbocycles. The van der Waals surface area contributed by atoms with Crippen LogP contribution in [-0.2, 0) is 20.2 Å². The highest BCUT2D eigenvalue weighted by atomic mass is 32.2. The first-order valence-electron chi connectivity index (χ1n) is 5.30. The lowest BCUT2D eigenvalue weighted by Crippen LogP contribution is -2.43. The summed E-state index contributed by atoms with van der Waals surface area (Å²) in [6, 6.07) is 0. The van der Waals surface area contributed by atoms with Crippen LogP contribution >= 0.6 is 0 Å². The van der Waals surface area contributed by atoms with Crippen LogP contribution in [0.2, 0.25) is 0 Å². The molecule has 3 heteroatoms. The summed E-state index contributed by atoms with van der Waals surface area (Å²) < 4.78 is 5.82. The minimum absolute atomic E-state index is 0.0765. The van der Waals surface area contributed by atoms with E-state index in [0.717, 1.165) is 0 Å². The van der Waals surface area contributed by atoms with E-state index in [1.54, 1.807) is 0 Å². The van der Waals surface area contributed by atoms with Crippen LogP contribution in [0.25, 0.3) is 0 Å². The summed E-state index contributed by atoms with van der Waals surface area (Å²) in [7, 11) is 0. The predicted molar refractivity (Wildman–Crippen MR) is 68.0 cm³/mol. The molecule has 0 aromatic rings. The maximum Gasteiger partial charge on any atom is 0.144 e. The first kappa shape index (κ1) is 15.0. The molecule has 0 aliphatic carbocycles. The summed E-state index contributed by atoms with van der Waals surface area (Å²) in [4.78, 5) is 12.1. The standard InChI is InChI=1S/C12H25O2S/c1-9(10(13)11(2,3)4)12(5,6)14-15(7)8/h9H,1-8H3/q+1. The SMILES string of the molecule is CC(C(=O)C(C)(C)C)C(C)(C)O[S+](C)C. The smallest absolute Gasteiger partial charge is 0.144 e. The largest absolute Gasteiger partial charge is 0.299 e. The zero-order valence-electron chi connectivity index (χ0n) is 11.3. The maximum absolute atomic E-state index is 12.1. The van der Waals surface area contributed by atoms with Gasteiger partial charge in [0.2, 0.25) is 0 Å². The zero-order valence-corrected chi connectivity index (χ0v) is 12.1. The molecule has 0 fully saturated rings. The van der Waals surface area contributed by atoms with Gasteiger partial charge in [-0.15, -0.1) is 0 Å². The van der Waals surface area contributed by atoms with Crippen LogP contribution in [0.1, 0.15) is 41.5 Å². The molecule has 1 unspecified atom stereocenters. The van der Waals surface area contributed by atoms with Crippen molar-refractivity contribution in [1.82, 2.24) is 0 Å². The van der Waals surface area contributed by atoms with E-state index in [1.165, 1.54) is 0 Å². The molecule has 0 rings (SSSR count). The van der Waals surface area contributed by atoms with Gasteiger partial charge in [-0.3, -0.25) is 4.79 Å². The molecule has 0 heterocycles. The molecule has 0 aliphatic rings. The van der Waals surface area contributed by atoms with Gasteiger partial charge < -0.3 is 0 Å². The van der Waals surface area contributed by atoms with Gasteiger partial charge in [0.05, 0.1) is 0 Å². The van der Waals surface area contributed by atoms with E-state index in [1.807, 2.05) is 54.1 Å². The minimum atomic E-state index is -0.378. The number of rotatable bonds is 4. The van der Waals surface area contributed by atoms with Crippen molar-refractivity contribution < 1.29 is 8.98 Å². The Labute approximate surface area is 97.3 Å². The average molecular weight is 233 g/mol. The van der Waals surface area contributed by atoms with Crippen molar-refractivity contribution in [3.05, 3.63) is 0 Å².